The average Bonchev–Trinajstić information content (AvgIpc) is 3.87. The fourth-order valence-electron chi connectivity index (χ4n) is 6.05. The normalized spacial score (nSPS) is 28.9. The minimum atomic E-state index is -6.01. The van der Waals surface area contributed by atoms with Crippen molar-refractivity contribution < 1.29 is 116 Å². The van der Waals surface area contributed by atoms with E-state index >= 15 is 0 Å². The number of ether oxygens (including phenoxy) is 2. The first kappa shape index (κ1) is 49.9. The Kier molecular flexibility index (Phi) is 15.3. The number of anilines is 1. The lowest BCUT2D eigenvalue weighted by atomic mass is 9.80. The molecule has 0 aromatic carbocycles. The predicted molar refractivity (Wildman–Crippen MR) is 197 cm³/mol. The summed E-state index contributed by atoms with van der Waals surface area (Å²) in [4.78, 5) is 111. The summed E-state index contributed by atoms with van der Waals surface area (Å²) in [6.07, 6.45) is -10.6. The number of rotatable bonds is 17. The highest BCUT2D eigenvalue weighted by Gasteiger charge is 2.68. The van der Waals surface area contributed by atoms with Crippen molar-refractivity contribution in [2.45, 2.75) is 93.4 Å². The van der Waals surface area contributed by atoms with Gasteiger partial charge in [0.05, 0.1) is 32.4 Å². The third kappa shape index (κ3) is 10.9. The van der Waals surface area contributed by atoms with Crippen molar-refractivity contribution >= 4 is 62.4 Å². The zero-order chi connectivity index (χ0) is 47.5. The van der Waals surface area contributed by atoms with E-state index in [-0.39, 0.29) is 29.0 Å². The molecule has 0 spiro atoms. The highest BCUT2D eigenvalue weighted by Crippen LogP contribution is 2.61. The maximum Gasteiger partial charge on any atom is 0.481 e. The predicted octanol–water partition coefficient (Wildman–Crippen LogP) is -4.40. The molecule has 0 bridgehead atoms. The fraction of sp³-hybridized carbons (Fsp3) is 0.548. The lowest BCUT2D eigenvalue weighted by Crippen LogP contribution is -2.66. The van der Waals surface area contributed by atoms with Crippen molar-refractivity contribution in [2.24, 2.45) is 5.73 Å². The molecule has 33 heteroatoms. The van der Waals surface area contributed by atoms with Gasteiger partial charge in [-0.2, -0.15) is 4.31 Å². The van der Waals surface area contributed by atoms with Crippen LogP contribution >= 0.6 is 15.6 Å². The number of phosphoric acid groups is 2. The number of aromatic nitrogens is 4. The number of hydrogen-bond donors (Lipinski definition) is 10. The second-order valence-corrected chi connectivity index (χ2v) is 17.1. The highest BCUT2D eigenvalue weighted by molar-refractivity contribution is 7.61. The van der Waals surface area contributed by atoms with E-state index in [0.717, 1.165) is 24.1 Å². The summed E-state index contributed by atoms with van der Waals surface area (Å²) >= 11 is 0. The van der Waals surface area contributed by atoms with Gasteiger partial charge in [0.25, 0.3) is 0 Å². The number of carbonyl (C=O) groups is 5. The summed E-state index contributed by atoms with van der Waals surface area (Å²) < 4.78 is 52.1. The fourth-order valence-corrected chi connectivity index (χ4v) is 8.16. The van der Waals surface area contributed by atoms with Crippen molar-refractivity contribution in [1.29, 1.82) is 0 Å². The van der Waals surface area contributed by atoms with Gasteiger partial charge < -0.3 is 66.3 Å². The van der Waals surface area contributed by atoms with Crippen LogP contribution in [0.15, 0.2) is 36.7 Å². The van der Waals surface area contributed by atoms with Crippen molar-refractivity contribution in [3.63, 3.8) is 0 Å². The maximum absolute atomic E-state index is 13.4. The Hall–Kier alpha value is -5.08. The quantitative estimate of drug-likeness (QED) is 0.0406. The number of nitrogens with zero attached hydrogens (tertiary/aromatic N) is 5. The van der Waals surface area contributed by atoms with Crippen LogP contribution in [0.25, 0.3) is 11.2 Å². The minimum absolute atomic E-state index is 0.0745. The number of aliphatic hydroxyl groups excluding tert-OH is 5. The van der Waals surface area contributed by atoms with E-state index < -0.39 is 132 Å². The third-order valence-corrected chi connectivity index (χ3v) is 12.1. The molecule has 2 aromatic rings. The van der Waals surface area contributed by atoms with Gasteiger partial charge in [-0.05, 0) is 20.3 Å². The van der Waals surface area contributed by atoms with Crippen LogP contribution in [0, 0.1) is 0 Å². The largest absolute Gasteiger partial charge is 0.481 e. The van der Waals surface area contributed by atoms with Crippen LogP contribution in [0.2, 0.25) is 0 Å². The molecular weight excluding hydrogens is 916 g/mol. The van der Waals surface area contributed by atoms with Gasteiger partial charge in [0.1, 0.15) is 42.4 Å². The number of amides is 1. The van der Waals surface area contributed by atoms with Crippen molar-refractivity contribution in [2.75, 3.05) is 18.9 Å². The Morgan fingerprint density at radius 2 is 1.59 bits per heavy atom. The van der Waals surface area contributed by atoms with Gasteiger partial charge in [0, 0.05) is 18.0 Å². The summed E-state index contributed by atoms with van der Waals surface area (Å²) in [5.74, 6) is -7.21. The molecule has 5 heterocycles. The Bertz CT molecular complexity index is 2270. The van der Waals surface area contributed by atoms with E-state index in [1.165, 1.54) is 23.4 Å². The molecule has 3 aliphatic heterocycles. The van der Waals surface area contributed by atoms with E-state index in [2.05, 4.69) is 38.8 Å². The van der Waals surface area contributed by atoms with Crippen molar-refractivity contribution in [1.82, 2.24) is 24.4 Å². The van der Waals surface area contributed by atoms with Crippen LogP contribution in [-0.4, -0.2) is 162 Å². The highest BCUT2D eigenvalue weighted by atomic mass is 31.3. The topological polar surface area (TPSA) is 463 Å². The van der Waals surface area contributed by atoms with Gasteiger partial charge in [-0.15, -0.1) is 0 Å². The zero-order valence-electron chi connectivity index (χ0n) is 32.9. The van der Waals surface area contributed by atoms with E-state index in [4.69, 9.17) is 35.1 Å². The number of hydrogen-bond acceptors (Lipinski definition) is 27. The Labute approximate surface area is 357 Å². The summed E-state index contributed by atoms with van der Waals surface area (Å²) in [6.45, 7) is -1.33. The first-order chi connectivity index (χ1) is 29.8. The first-order valence-electron chi connectivity index (χ1n) is 18.1. The molecule has 3 aliphatic rings. The van der Waals surface area contributed by atoms with Crippen molar-refractivity contribution in [3.8, 4) is 0 Å². The average molecular weight is 958 g/mol. The molecule has 12 atom stereocenters. The molecule has 12 N–H and O–H groups in total. The van der Waals surface area contributed by atoms with Gasteiger partial charge in [-0.1, -0.05) is 6.08 Å². The van der Waals surface area contributed by atoms with E-state index in [0.29, 0.717) is 6.92 Å². The van der Waals surface area contributed by atoms with Crippen molar-refractivity contribution in [3.05, 3.63) is 36.7 Å². The number of imidazole rings is 1. The molecule has 1 amide bonds. The number of nitrogen functional groups attached to an aromatic ring is 1. The summed E-state index contributed by atoms with van der Waals surface area (Å²) in [6, 6.07) is 0. The molecule has 354 valence electrons. The van der Waals surface area contributed by atoms with Gasteiger partial charge >= 0.3 is 39.5 Å². The third-order valence-electron chi connectivity index (χ3n) is 9.53. The molecule has 2 aromatic heterocycles. The number of nitrogens with two attached hydrogens (primary N) is 2. The molecule has 5 rings (SSSR count). The maximum atomic E-state index is 13.4. The first-order valence-corrected chi connectivity index (χ1v) is 21.1. The zero-order valence-corrected chi connectivity index (χ0v) is 34.7. The summed E-state index contributed by atoms with van der Waals surface area (Å²) in [7, 11) is -11.8. The van der Waals surface area contributed by atoms with Gasteiger partial charge in [0.15, 0.2) is 41.2 Å². The Morgan fingerprint density at radius 1 is 0.953 bits per heavy atom. The van der Waals surface area contributed by atoms with Crippen LogP contribution in [0.3, 0.4) is 0 Å². The number of aliphatic hydroxyl groups is 6. The molecule has 2 fully saturated rings. The van der Waals surface area contributed by atoms with E-state index in [1.807, 2.05) is 0 Å². The van der Waals surface area contributed by atoms with Gasteiger partial charge in [-0.25, -0.2) is 62.8 Å². The molecule has 64 heavy (non-hydrogen) atoms. The smallest absolute Gasteiger partial charge is 0.387 e. The molecule has 0 aliphatic carbocycles. The molecule has 31 nitrogen and oxygen atoms in total. The number of fused-ring (bicyclic) bond motifs is 1. The number of primary amides is 1. The second kappa shape index (κ2) is 19.6. The molecule has 4 unspecified atom stereocenters. The standard InChI is InChI=1S/C31H41N7O24P2/c1-13(39)28(47)60-58-16(40)5-6-17(41)59-61-29(48)30(2,49)31(22(45)21(44)27(57-31)38-12-36-18-23(32)34-11-35-25(18)38)10-55-64(52,53)62-63(50,51)54-9-15-19(42)20(43)26(56-15)37-7-3-4-14(8-37)24(33)46/h3,7-8,11-13,15,19-22,26-27,39,42-45,49H,4-6,9-10H2,1-2H3,(H2,33,46)(H,50,51)(H,52,53)(H2,32,34,35)/t13?,15-,19-,20-,21-,22+,26-,27-,30?,31-/m1/s1. The van der Waals surface area contributed by atoms with Gasteiger partial charge in [-0.3, -0.25) is 18.4 Å². The number of allylic oxidation sites excluding steroid dienone is 1. The molecule has 2 saturated heterocycles. The summed E-state index contributed by atoms with van der Waals surface area (Å²) in [5, 5.41) is 64.4. The molecular formula is C31H41N7O24P2. The Balaban J connectivity index is 1.30. The monoisotopic (exact) mass is 957 g/mol. The molecule has 0 radical (unpaired) electrons. The van der Waals surface area contributed by atoms with Crippen LogP contribution in [0.1, 0.15) is 39.3 Å². The number of phosphoric ester groups is 2. The lowest BCUT2D eigenvalue weighted by molar-refractivity contribution is -0.289. The van der Waals surface area contributed by atoms with E-state index in [1.54, 1.807) is 0 Å². The van der Waals surface area contributed by atoms with Gasteiger partial charge in [0.2, 0.25) is 5.91 Å². The van der Waals surface area contributed by atoms with E-state index in [9.17, 15) is 68.4 Å². The number of carbonyl (C=O) groups excluding carboxylic acids is 5. The SMILES string of the molecule is CC(O)C(=O)OOC(=O)CCC(=O)OOC(=O)C(C)(O)[C@]1(COP(=O)(O)OP(=O)(O)OC[C@H]2O[C@@H](N3C=CCC(C(N)=O)=C3)[C@H](O)[C@@H]2O)O[C@@H](n2cnc3c(N)ncnc32)[C@H](O)[C@@H]1O. The lowest BCUT2D eigenvalue weighted by Gasteiger charge is -2.41. The summed E-state index contributed by atoms with van der Waals surface area (Å²) in [5.41, 5.74) is 4.30. The minimum Gasteiger partial charge on any atom is -0.387 e. The molecule has 0 saturated carbocycles. The van der Waals surface area contributed by atoms with Crippen LogP contribution in [0.4, 0.5) is 5.82 Å². The Morgan fingerprint density at radius 3 is 2.23 bits per heavy atom. The second-order valence-electron chi connectivity index (χ2n) is 14.0. The van der Waals surface area contributed by atoms with Crippen LogP contribution in [-0.2, 0) is 75.5 Å². The van der Waals surface area contributed by atoms with Crippen LogP contribution in [0.5, 0.6) is 0 Å². The van der Waals surface area contributed by atoms with Crippen LogP contribution < -0.4 is 11.5 Å².